The Labute approximate surface area is 182 Å². The van der Waals surface area contributed by atoms with Crippen molar-refractivity contribution in [1.82, 2.24) is 29.6 Å². The van der Waals surface area contributed by atoms with Crippen LogP contribution in [-0.2, 0) is 9.84 Å². The molecule has 3 aromatic heterocycles. The predicted octanol–water partition coefficient (Wildman–Crippen LogP) is 2.97. The van der Waals surface area contributed by atoms with Crippen LogP contribution in [0.15, 0.2) is 29.7 Å². The van der Waals surface area contributed by atoms with E-state index in [1.165, 1.54) is 12.4 Å². The molecule has 9 nitrogen and oxygen atoms in total. The van der Waals surface area contributed by atoms with Crippen molar-refractivity contribution in [2.45, 2.75) is 44.7 Å². The molecule has 1 aliphatic rings. The number of hydrogen-bond acceptors (Lipinski definition) is 8. The van der Waals surface area contributed by atoms with Gasteiger partial charge in [0.25, 0.3) is 0 Å². The lowest BCUT2D eigenvalue weighted by atomic mass is 10.0. The molecular formula is C21H29N7O2S. The lowest BCUT2D eigenvalue weighted by molar-refractivity contribution is 0.166. The van der Waals surface area contributed by atoms with Gasteiger partial charge in [0.05, 0.1) is 29.0 Å². The Bertz CT molecular complexity index is 1180. The van der Waals surface area contributed by atoms with Crippen LogP contribution >= 0.6 is 0 Å². The Kier molecular flexibility index (Phi) is 5.94. The van der Waals surface area contributed by atoms with Crippen molar-refractivity contribution < 1.29 is 8.42 Å². The number of piperidine rings is 1. The Morgan fingerprint density at radius 1 is 1.19 bits per heavy atom. The van der Waals surface area contributed by atoms with Gasteiger partial charge in [-0.3, -0.25) is 0 Å². The van der Waals surface area contributed by atoms with Crippen molar-refractivity contribution in [3.05, 3.63) is 30.4 Å². The first-order chi connectivity index (χ1) is 14.7. The molecule has 31 heavy (non-hydrogen) atoms. The van der Waals surface area contributed by atoms with Crippen LogP contribution in [0.5, 0.6) is 0 Å². The third-order valence-corrected chi connectivity index (χ3v) is 6.60. The first kappa shape index (κ1) is 21.6. The second kappa shape index (κ2) is 8.51. The van der Waals surface area contributed by atoms with Crippen LogP contribution in [0.4, 0.5) is 11.5 Å². The number of aryl methyl sites for hydroxylation is 1. The first-order valence-electron chi connectivity index (χ1n) is 10.6. The molecule has 0 spiro atoms. The molecule has 0 unspecified atom stereocenters. The molecule has 0 bridgehead atoms. The van der Waals surface area contributed by atoms with Crippen LogP contribution in [0, 0.1) is 12.8 Å². The highest BCUT2D eigenvalue weighted by molar-refractivity contribution is 7.90. The summed E-state index contributed by atoms with van der Waals surface area (Å²) in [6.45, 7) is 9.54. The van der Waals surface area contributed by atoms with Gasteiger partial charge in [-0.2, -0.15) is 5.10 Å². The predicted molar refractivity (Wildman–Crippen MR) is 120 cm³/mol. The van der Waals surface area contributed by atoms with E-state index in [1.807, 2.05) is 4.68 Å². The van der Waals surface area contributed by atoms with E-state index in [0.717, 1.165) is 49.8 Å². The number of sulfone groups is 1. The van der Waals surface area contributed by atoms with E-state index in [0.29, 0.717) is 29.2 Å². The van der Waals surface area contributed by atoms with Crippen molar-refractivity contribution >= 4 is 32.4 Å². The fourth-order valence-corrected chi connectivity index (χ4v) is 4.71. The van der Waals surface area contributed by atoms with E-state index < -0.39 is 9.84 Å². The van der Waals surface area contributed by atoms with Gasteiger partial charge in [-0.1, -0.05) is 13.8 Å². The van der Waals surface area contributed by atoms with Gasteiger partial charge in [-0.15, -0.1) is 0 Å². The third-order valence-electron chi connectivity index (χ3n) is 5.61. The molecule has 0 amide bonds. The molecule has 0 atom stereocenters. The summed E-state index contributed by atoms with van der Waals surface area (Å²) < 4.78 is 25.5. The maximum absolute atomic E-state index is 11.7. The number of fused-ring (bicyclic) bond motifs is 1. The zero-order chi connectivity index (χ0) is 22.2. The second-order valence-electron chi connectivity index (χ2n) is 8.65. The monoisotopic (exact) mass is 443 g/mol. The zero-order valence-corrected chi connectivity index (χ0v) is 19.2. The molecule has 4 heterocycles. The number of anilines is 2. The Balaban J connectivity index is 1.56. The minimum absolute atomic E-state index is 0.0556. The van der Waals surface area contributed by atoms with E-state index in [9.17, 15) is 8.42 Å². The van der Waals surface area contributed by atoms with E-state index in [-0.39, 0.29) is 5.03 Å². The number of pyridine rings is 1. The molecule has 1 aliphatic heterocycles. The lowest BCUT2D eigenvalue weighted by Gasteiger charge is -2.33. The summed E-state index contributed by atoms with van der Waals surface area (Å²) in [4.78, 5) is 15.6. The molecule has 0 radical (unpaired) electrons. The minimum atomic E-state index is -3.35. The van der Waals surface area contributed by atoms with Crippen LogP contribution in [0.3, 0.4) is 0 Å². The topological polar surface area (TPSA) is 106 Å². The van der Waals surface area contributed by atoms with Crippen molar-refractivity contribution in [1.29, 1.82) is 0 Å². The minimum Gasteiger partial charge on any atom is -0.338 e. The van der Waals surface area contributed by atoms with Crippen LogP contribution in [0.2, 0.25) is 0 Å². The van der Waals surface area contributed by atoms with Gasteiger partial charge in [0, 0.05) is 25.9 Å². The molecule has 0 aliphatic carbocycles. The van der Waals surface area contributed by atoms with Crippen LogP contribution in [0.25, 0.3) is 11.0 Å². The van der Waals surface area contributed by atoms with Crippen LogP contribution < -0.4 is 5.32 Å². The standard InChI is InChI=1S/C21H29N7O2S/c1-14(2)12-27-9-7-16(8-10-27)28-21-17(11-24-28)20(22-13-23-21)26-18-5-6-19(25-15(18)3)31(4,29)30/h5-6,11,13-14,16H,7-10,12H2,1-4H3,(H,22,23,26). The van der Waals surface area contributed by atoms with Crippen molar-refractivity contribution in [3.8, 4) is 0 Å². The lowest BCUT2D eigenvalue weighted by Crippen LogP contribution is -2.37. The SMILES string of the molecule is Cc1nc(S(C)(=O)=O)ccc1Nc1ncnc2c1cnn2C1CCN(CC(C)C)CC1. The molecule has 3 aromatic rings. The van der Waals surface area contributed by atoms with E-state index >= 15 is 0 Å². The summed E-state index contributed by atoms with van der Waals surface area (Å²) in [5.41, 5.74) is 2.08. The van der Waals surface area contributed by atoms with E-state index in [2.05, 4.69) is 44.1 Å². The molecular weight excluding hydrogens is 414 g/mol. The number of nitrogens with one attached hydrogen (secondary N) is 1. The number of rotatable bonds is 6. The van der Waals surface area contributed by atoms with Gasteiger partial charge in [0.15, 0.2) is 20.5 Å². The smallest absolute Gasteiger partial charge is 0.192 e. The third kappa shape index (κ3) is 4.69. The normalized spacial score (nSPS) is 16.3. The first-order valence-corrected chi connectivity index (χ1v) is 12.5. The molecule has 1 N–H and O–H groups in total. The Morgan fingerprint density at radius 2 is 1.94 bits per heavy atom. The quantitative estimate of drug-likeness (QED) is 0.620. The molecule has 166 valence electrons. The van der Waals surface area contributed by atoms with Crippen LogP contribution in [-0.4, -0.2) is 63.9 Å². The fraction of sp³-hybridized carbons (Fsp3) is 0.524. The van der Waals surface area contributed by atoms with Crippen molar-refractivity contribution in [2.24, 2.45) is 5.92 Å². The fourth-order valence-electron chi connectivity index (χ4n) is 4.10. The summed E-state index contributed by atoms with van der Waals surface area (Å²) in [7, 11) is -3.35. The molecule has 1 fully saturated rings. The summed E-state index contributed by atoms with van der Waals surface area (Å²) in [5, 5.41) is 8.79. The van der Waals surface area contributed by atoms with Gasteiger partial charge in [-0.05, 0) is 37.8 Å². The summed E-state index contributed by atoms with van der Waals surface area (Å²) in [5.74, 6) is 1.30. The average molecular weight is 444 g/mol. The van der Waals surface area contributed by atoms with Gasteiger partial charge in [0.2, 0.25) is 0 Å². The highest BCUT2D eigenvalue weighted by atomic mass is 32.2. The summed E-state index contributed by atoms with van der Waals surface area (Å²) in [6.07, 6.45) is 6.58. The van der Waals surface area contributed by atoms with Gasteiger partial charge >= 0.3 is 0 Å². The zero-order valence-electron chi connectivity index (χ0n) is 18.4. The van der Waals surface area contributed by atoms with Crippen molar-refractivity contribution in [3.63, 3.8) is 0 Å². The maximum atomic E-state index is 11.7. The molecule has 10 heteroatoms. The Hall–Kier alpha value is -2.59. The number of likely N-dealkylation sites (tertiary alicyclic amines) is 1. The van der Waals surface area contributed by atoms with Crippen molar-refractivity contribution in [2.75, 3.05) is 31.2 Å². The van der Waals surface area contributed by atoms with E-state index in [4.69, 9.17) is 0 Å². The average Bonchev–Trinajstić information content (AvgIpc) is 3.14. The highest BCUT2D eigenvalue weighted by Crippen LogP contribution is 2.29. The largest absolute Gasteiger partial charge is 0.338 e. The molecule has 4 rings (SSSR count). The number of aromatic nitrogens is 5. The molecule has 0 saturated carbocycles. The maximum Gasteiger partial charge on any atom is 0.192 e. The molecule has 1 saturated heterocycles. The summed E-state index contributed by atoms with van der Waals surface area (Å²) >= 11 is 0. The van der Waals surface area contributed by atoms with Gasteiger partial charge in [0.1, 0.15) is 12.1 Å². The van der Waals surface area contributed by atoms with Gasteiger partial charge in [-0.25, -0.2) is 28.1 Å². The number of hydrogen-bond donors (Lipinski definition) is 1. The number of nitrogens with zero attached hydrogens (tertiary/aromatic N) is 6. The highest BCUT2D eigenvalue weighted by Gasteiger charge is 2.24. The second-order valence-corrected chi connectivity index (χ2v) is 10.6. The molecule has 0 aromatic carbocycles. The van der Waals surface area contributed by atoms with Gasteiger partial charge < -0.3 is 10.2 Å². The van der Waals surface area contributed by atoms with Crippen LogP contribution in [0.1, 0.15) is 38.4 Å². The Morgan fingerprint density at radius 3 is 2.58 bits per heavy atom. The summed E-state index contributed by atoms with van der Waals surface area (Å²) in [6, 6.07) is 3.53. The van der Waals surface area contributed by atoms with E-state index in [1.54, 1.807) is 19.2 Å².